The van der Waals surface area contributed by atoms with Crippen LogP contribution in [0.25, 0.3) is 0 Å². The molecule has 0 aliphatic rings. The molecule has 0 aliphatic carbocycles. The third-order valence-electron chi connectivity index (χ3n) is 3.93. The maximum absolute atomic E-state index is 13.1. The number of nitrogens with zero attached hydrogens (tertiary/aromatic N) is 2. The van der Waals surface area contributed by atoms with Crippen LogP contribution in [0.4, 0.5) is 5.69 Å². The van der Waals surface area contributed by atoms with Crippen molar-refractivity contribution < 1.29 is 13.2 Å². The van der Waals surface area contributed by atoms with Crippen molar-refractivity contribution in [3.8, 4) is 0 Å². The molecule has 3 rings (SSSR count). The van der Waals surface area contributed by atoms with E-state index in [2.05, 4.69) is 10.3 Å². The maximum Gasteiger partial charge on any atom is 0.264 e. The van der Waals surface area contributed by atoms with Gasteiger partial charge in [0.05, 0.1) is 22.8 Å². The fraction of sp³-hybridized carbons (Fsp3) is 0.100. The highest BCUT2D eigenvalue weighted by Crippen LogP contribution is 2.24. The third-order valence-corrected chi connectivity index (χ3v) is 5.97. The SMILES string of the molecule is O=C(CN(c1ccccc1)S(=O)(=O)c1ccc(Cl)cc1)NCc1ccccn1. The van der Waals surface area contributed by atoms with Crippen molar-refractivity contribution >= 4 is 33.2 Å². The summed E-state index contributed by atoms with van der Waals surface area (Å²) < 4.78 is 27.4. The van der Waals surface area contributed by atoms with Gasteiger partial charge in [-0.05, 0) is 48.5 Å². The van der Waals surface area contributed by atoms with Crippen molar-refractivity contribution in [1.29, 1.82) is 0 Å². The molecule has 0 spiro atoms. The van der Waals surface area contributed by atoms with Crippen LogP contribution in [-0.4, -0.2) is 25.9 Å². The van der Waals surface area contributed by atoms with Crippen molar-refractivity contribution in [2.24, 2.45) is 0 Å². The molecule has 2 aromatic carbocycles. The Morgan fingerprint density at radius 1 is 0.964 bits per heavy atom. The Morgan fingerprint density at radius 3 is 2.29 bits per heavy atom. The fourth-order valence-electron chi connectivity index (χ4n) is 2.52. The number of rotatable bonds is 7. The summed E-state index contributed by atoms with van der Waals surface area (Å²) >= 11 is 5.86. The lowest BCUT2D eigenvalue weighted by atomic mass is 10.3. The summed E-state index contributed by atoms with van der Waals surface area (Å²) in [6.07, 6.45) is 1.63. The Balaban J connectivity index is 1.83. The largest absolute Gasteiger partial charge is 0.349 e. The molecule has 0 aliphatic heterocycles. The average Bonchev–Trinajstić information content (AvgIpc) is 2.72. The van der Waals surface area contributed by atoms with E-state index in [1.807, 2.05) is 6.07 Å². The van der Waals surface area contributed by atoms with Gasteiger partial charge in [0.1, 0.15) is 6.54 Å². The molecule has 0 unspecified atom stereocenters. The zero-order chi connectivity index (χ0) is 20.0. The number of carbonyl (C=O) groups is 1. The lowest BCUT2D eigenvalue weighted by Crippen LogP contribution is -2.40. The Hall–Kier alpha value is -2.90. The first-order valence-electron chi connectivity index (χ1n) is 8.47. The van der Waals surface area contributed by atoms with Crippen LogP contribution in [0.2, 0.25) is 5.02 Å². The summed E-state index contributed by atoms with van der Waals surface area (Å²) in [5.74, 6) is -0.438. The fourth-order valence-corrected chi connectivity index (χ4v) is 4.07. The van der Waals surface area contributed by atoms with Crippen molar-refractivity contribution in [3.63, 3.8) is 0 Å². The number of sulfonamides is 1. The molecule has 1 amide bonds. The van der Waals surface area contributed by atoms with Gasteiger partial charge in [0, 0.05) is 11.2 Å². The van der Waals surface area contributed by atoms with E-state index in [0.717, 1.165) is 4.31 Å². The van der Waals surface area contributed by atoms with Crippen molar-refractivity contribution in [2.75, 3.05) is 10.8 Å². The first kappa shape index (κ1) is 19.9. The van der Waals surface area contributed by atoms with Gasteiger partial charge in [0.15, 0.2) is 0 Å². The van der Waals surface area contributed by atoms with Crippen LogP contribution >= 0.6 is 11.6 Å². The van der Waals surface area contributed by atoms with Crippen LogP contribution in [0.3, 0.4) is 0 Å². The highest BCUT2D eigenvalue weighted by atomic mass is 35.5. The highest BCUT2D eigenvalue weighted by molar-refractivity contribution is 7.92. The molecule has 1 heterocycles. The number of amides is 1. The van der Waals surface area contributed by atoms with Gasteiger partial charge in [0.2, 0.25) is 5.91 Å². The molecule has 0 fully saturated rings. The summed E-state index contributed by atoms with van der Waals surface area (Å²) in [5.41, 5.74) is 1.08. The van der Waals surface area contributed by atoms with Gasteiger partial charge >= 0.3 is 0 Å². The van der Waals surface area contributed by atoms with E-state index in [4.69, 9.17) is 11.6 Å². The van der Waals surface area contributed by atoms with Crippen LogP contribution < -0.4 is 9.62 Å². The predicted octanol–water partition coefficient (Wildman–Crippen LogP) is 3.25. The molecule has 0 atom stereocenters. The van der Waals surface area contributed by atoms with E-state index < -0.39 is 15.9 Å². The molecule has 3 aromatic rings. The number of nitrogens with one attached hydrogen (secondary N) is 1. The van der Waals surface area contributed by atoms with E-state index in [9.17, 15) is 13.2 Å². The van der Waals surface area contributed by atoms with E-state index in [0.29, 0.717) is 16.4 Å². The first-order chi connectivity index (χ1) is 13.5. The minimum Gasteiger partial charge on any atom is -0.349 e. The van der Waals surface area contributed by atoms with Crippen LogP contribution in [0, 0.1) is 0 Å². The molecule has 0 saturated heterocycles. The van der Waals surface area contributed by atoms with Gasteiger partial charge < -0.3 is 5.32 Å². The molecule has 28 heavy (non-hydrogen) atoms. The van der Waals surface area contributed by atoms with Crippen molar-refractivity contribution in [3.05, 3.63) is 89.7 Å². The second-order valence-electron chi connectivity index (χ2n) is 5.90. The van der Waals surface area contributed by atoms with Gasteiger partial charge in [-0.2, -0.15) is 0 Å². The number of aromatic nitrogens is 1. The highest BCUT2D eigenvalue weighted by Gasteiger charge is 2.27. The van der Waals surface area contributed by atoms with Gasteiger partial charge in [-0.25, -0.2) is 8.42 Å². The summed E-state index contributed by atoms with van der Waals surface area (Å²) in [5, 5.41) is 3.13. The monoisotopic (exact) mass is 415 g/mol. The second-order valence-corrected chi connectivity index (χ2v) is 8.20. The first-order valence-corrected chi connectivity index (χ1v) is 10.3. The summed E-state index contributed by atoms with van der Waals surface area (Å²) in [4.78, 5) is 16.7. The number of anilines is 1. The topological polar surface area (TPSA) is 79.4 Å². The molecule has 0 radical (unpaired) electrons. The molecule has 1 aromatic heterocycles. The Bertz CT molecular complexity index is 1030. The number of pyridine rings is 1. The lowest BCUT2D eigenvalue weighted by molar-refractivity contribution is -0.119. The van der Waals surface area contributed by atoms with E-state index in [1.54, 1.807) is 48.7 Å². The standard InChI is InChI=1S/C20H18ClN3O3S/c21-16-9-11-19(12-10-16)28(26,27)24(18-7-2-1-3-8-18)15-20(25)23-14-17-6-4-5-13-22-17/h1-13H,14-15H2,(H,23,25). The lowest BCUT2D eigenvalue weighted by Gasteiger charge is -2.24. The van der Waals surface area contributed by atoms with Gasteiger partial charge in [-0.3, -0.25) is 14.1 Å². The van der Waals surface area contributed by atoms with E-state index >= 15 is 0 Å². The molecular weight excluding hydrogens is 398 g/mol. The molecule has 8 heteroatoms. The Morgan fingerprint density at radius 2 is 1.64 bits per heavy atom. The van der Waals surface area contributed by atoms with E-state index in [-0.39, 0.29) is 18.0 Å². The molecular formula is C20H18ClN3O3S. The smallest absolute Gasteiger partial charge is 0.264 e. The molecule has 144 valence electrons. The summed E-state index contributed by atoms with van der Waals surface area (Å²) in [6, 6.07) is 19.7. The molecule has 1 N–H and O–H groups in total. The van der Waals surface area contributed by atoms with Crippen LogP contribution in [0.1, 0.15) is 5.69 Å². The normalized spacial score (nSPS) is 11.0. The van der Waals surface area contributed by atoms with Gasteiger partial charge in [0.25, 0.3) is 10.0 Å². The summed E-state index contributed by atoms with van der Waals surface area (Å²) in [7, 11) is -3.95. The number of para-hydroxylation sites is 1. The number of benzene rings is 2. The minimum atomic E-state index is -3.95. The second kappa shape index (κ2) is 8.86. The number of hydrogen-bond donors (Lipinski definition) is 1. The minimum absolute atomic E-state index is 0.0540. The van der Waals surface area contributed by atoms with Crippen molar-refractivity contribution in [2.45, 2.75) is 11.4 Å². The number of carbonyl (C=O) groups excluding carboxylic acids is 1. The number of halogens is 1. The molecule has 6 nitrogen and oxygen atoms in total. The van der Waals surface area contributed by atoms with Crippen LogP contribution in [0.15, 0.2) is 83.9 Å². The van der Waals surface area contributed by atoms with E-state index in [1.165, 1.54) is 24.3 Å². The Labute approximate surface area is 168 Å². The zero-order valence-electron chi connectivity index (χ0n) is 14.8. The van der Waals surface area contributed by atoms with Crippen molar-refractivity contribution in [1.82, 2.24) is 10.3 Å². The summed E-state index contributed by atoms with van der Waals surface area (Å²) in [6.45, 7) is -0.148. The predicted molar refractivity (Wildman–Crippen MR) is 109 cm³/mol. The number of hydrogen-bond acceptors (Lipinski definition) is 4. The quantitative estimate of drug-likeness (QED) is 0.642. The van der Waals surface area contributed by atoms with Gasteiger partial charge in [-0.15, -0.1) is 0 Å². The molecule has 0 bridgehead atoms. The maximum atomic E-state index is 13.1. The van der Waals surface area contributed by atoms with Crippen LogP contribution in [-0.2, 0) is 21.4 Å². The zero-order valence-corrected chi connectivity index (χ0v) is 16.4. The van der Waals surface area contributed by atoms with Gasteiger partial charge in [-0.1, -0.05) is 35.9 Å². The third kappa shape index (κ3) is 4.88. The van der Waals surface area contributed by atoms with Crippen LogP contribution in [0.5, 0.6) is 0 Å². The molecule has 0 saturated carbocycles. The average molecular weight is 416 g/mol. The Kier molecular flexibility index (Phi) is 6.28.